The number of anilines is 1. The first-order valence-electron chi connectivity index (χ1n) is 7.45. The molecule has 3 rings (SSSR count). The van der Waals surface area contributed by atoms with Crippen molar-refractivity contribution in [3.63, 3.8) is 0 Å². The summed E-state index contributed by atoms with van der Waals surface area (Å²) < 4.78 is 0. The molecule has 3 N–H and O–H groups in total. The molecule has 1 aromatic heterocycles. The summed E-state index contributed by atoms with van der Waals surface area (Å²) in [6, 6.07) is 9.98. The number of fused-ring (bicyclic) bond motifs is 1. The van der Waals surface area contributed by atoms with E-state index < -0.39 is 0 Å². The Hall–Kier alpha value is -2.10. The van der Waals surface area contributed by atoms with Crippen LogP contribution < -0.4 is 10.6 Å². The number of piperidine rings is 1. The number of nitrogen functional groups attached to an aromatic ring is 1. The van der Waals surface area contributed by atoms with Crippen molar-refractivity contribution in [1.29, 1.82) is 5.41 Å². The molecule has 1 aliphatic heterocycles. The average Bonchev–Trinajstić information content (AvgIpc) is 2.46. The molecule has 2 aromatic rings. The molecule has 21 heavy (non-hydrogen) atoms. The first kappa shape index (κ1) is 13.9. The van der Waals surface area contributed by atoms with Crippen molar-refractivity contribution in [2.45, 2.75) is 26.7 Å². The van der Waals surface area contributed by atoms with E-state index in [1.54, 1.807) is 0 Å². The van der Waals surface area contributed by atoms with Crippen molar-refractivity contribution in [3.8, 4) is 0 Å². The number of nitrogens with zero attached hydrogens (tertiary/aromatic N) is 2. The lowest BCUT2D eigenvalue weighted by Crippen LogP contribution is -2.38. The topological polar surface area (TPSA) is 66.0 Å². The van der Waals surface area contributed by atoms with Crippen LogP contribution in [0.25, 0.3) is 10.9 Å². The second-order valence-corrected chi connectivity index (χ2v) is 6.62. The first-order valence-corrected chi connectivity index (χ1v) is 7.45. The minimum Gasteiger partial charge on any atom is -0.384 e. The zero-order valence-electron chi connectivity index (χ0n) is 12.7. The van der Waals surface area contributed by atoms with Crippen molar-refractivity contribution < 1.29 is 0 Å². The van der Waals surface area contributed by atoms with Gasteiger partial charge in [0.1, 0.15) is 11.7 Å². The number of aromatic nitrogens is 1. The summed E-state index contributed by atoms with van der Waals surface area (Å²) in [5.41, 5.74) is 7.88. The summed E-state index contributed by atoms with van der Waals surface area (Å²) in [5, 5.41) is 8.89. The summed E-state index contributed by atoms with van der Waals surface area (Å²) in [6.45, 7) is 6.56. The van der Waals surface area contributed by atoms with E-state index in [0.29, 0.717) is 5.41 Å². The summed E-state index contributed by atoms with van der Waals surface area (Å²) in [7, 11) is 0. The quantitative estimate of drug-likeness (QED) is 0.657. The normalized spacial score (nSPS) is 17.9. The number of hydrogen-bond donors (Lipinski definition) is 2. The van der Waals surface area contributed by atoms with Crippen LogP contribution in [0, 0.1) is 10.8 Å². The summed E-state index contributed by atoms with van der Waals surface area (Å²) in [5.74, 6) is 0.949. The van der Waals surface area contributed by atoms with E-state index in [1.165, 1.54) is 0 Å². The van der Waals surface area contributed by atoms with Gasteiger partial charge in [-0.25, -0.2) is 4.98 Å². The molecule has 4 heteroatoms. The third-order valence-corrected chi connectivity index (χ3v) is 4.41. The van der Waals surface area contributed by atoms with Gasteiger partial charge in [-0.05, 0) is 30.4 Å². The number of pyridine rings is 1. The van der Waals surface area contributed by atoms with Crippen LogP contribution in [0.15, 0.2) is 30.3 Å². The third-order valence-electron chi connectivity index (χ3n) is 4.41. The lowest BCUT2D eigenvalue weighted by Gasteiger charge is -2.38. The standard InChI is InChI=1S/C17H22N4/c1-17(2)7-9-21(10-8-17)16-13(15(18)19)11-12-5-3-4-6-14(12)20-16/h3-6,11H,7-10H2,1-2H3,(H3,18,19). The number of hydrogen-bond acceptors (Lipinski definition) is 3. The Bertz CT molecular complexity index is 680. The van der Waals surface area contributed by atoms with Crippen LogP contribution in [0.1, 0.15) is 32.3 Å². The number of nitrogens with one attached hydrogen (secondary N) is 1. The Morgan fingerprint density at radius 3 is 2.57 bits per heavy atom. The lowest BCUT2D eigenvalue weighted by molar-refractivity contribution is 0.279. The van der Waals surface area contributed by atoms with Crippen molar-refractivity contribution in [2.24, 2.45) is 11.1 Å². The molecule has 0 spiro atoms. The Labute approximate surface area is 125 Å². The largest absolute Gasteiger partial charge is 0.384 e. The van der Waals surface area contributed by atoms with Crippen LogP contribution in [-0.4, -0.2) is 23.9 Å². The highest BCUT2D eigenvalue weighted by molar-refractivity contribution is 6.03. The molecule has 2 heterocycles. The average molecular weight is 282 g/mol. The van der Waals surface area contributed by atoms with Gasteiger partial charge in [-0.2, -0.15) is 0 Å². The molecule has 0 amide bonds. The van der Waals surface area contributed by atoms with Crippen LogP contribution in [0.2, 0.25) is 0 Å². The SMILES string of the molecule is CC1(C)CCN(c2nc3ccccc3cc2C(=N)N)CC1. The molecule has 0 atom stereocenters. The predicted octanol–water partition coefficient (Wildman–Crippen LogP) is 3.15. The summed E-state index contributed by atoms with van der Waals surface area (Å²) in [4.78, 5) is 7.05. The highest BCUT2D eigenvalue weighted by atomic mass is 15.2. The molecule has 110 valence electrons. The van der Waals surface area contributed by atoms with E-state index in [2.05, 4.69) is 18.7 Å². The molecule has 1 fully saturated rings. The Morgan fingerprint density at radius 2 is 1.90 bits per heavy atom. The monoisotopic (exact) mass is 282 g/mol. The van der Waals surface area contributed by atoms with Gasteiger partial charge in [0, 0.05) is 18.5 Å². The number of amidine groups is 1. The van der Waals surface area contributed by atoms with Gasteiger partial charge in [0.05, 0.1) is 11.1 Å². The van der Waals surface area contributed by atoms with Crippen molar-refractivity contribution in [2.75, 3.05) is 18.0 Å². The van der Waals surface area contributed by atoms with E-state index in [0.717, 1.165) is 48.2 Å². The molecule has 0 unspecified atom stereocenters. The third kappa shape index (κ3) is 2.71. The summed E-state index contributed by atoms with van der Waals surface area (Å²) >= 11 is 0. The fraction of sp³-hybridized carbons (Fsp3) is 0.412. The Kier molecular flexibility index (Phi) is 3.32. The molecular weight excluding hydrogens is 260 g/mol. The molecule has 0 bridgehead atoms. The predicted molar refractivity (Wildman–Crippen MR) is 88.0 cm³/mol. The second-order valence-electron chi connectivity index (χ2n) is 6.62. The van der Waals surface area contributed by atoms with Crippen LogP contribution >= 0.6 is 0 Å². The van der Waals surface area contributed by atoms with Crippen molar-refractivity contribution in [3.05, 3.63) is 35.9 Å². The van der Waals surface area contributed by atoms with Gasteiger partial charge in [0.15, 0.2) is 0 Å². The molecule has 0 aliphatic carbocycles. The molecule has 1 aliphatic rings. The van der Waals surface area contributed by atoms with E-state index in [1.807, 2.05) is 30.3 Å². The van der Waals surface area contributed by atoms with E-state index in [4.69, 9.17) is 16.1 Å². The maximum absolute atomic E-state index is 7.86. The van der Waals surface area contributed by atoms with Crippen LogP contribution in [0.5, 0.6) is 0 Å². The van der Waals surface area contributed by atoms with Gasteiger partial charge in [0.25, 0.3) is 0 Å². The summed E-state index contributed by atoms with van der Waals surface area (Å²) in [6.07, 6.45) is 2.28. The van der Waals surface area contributed by atoms with Gasteiger partial charge in [0.2, 0.25) is 0 Å². The van der Waals surface area contributed by atoms with E-state index >= 15 is 0 Å². The minimum absolute atomic E-state index is 0.0908. The highest BCUT2D eigenvalue weighted by Gasteiger charge is 2.27. The molecular formula is C17H22N4. The minimum atomic E-state index is 0.0908. The second kappa shape index (κ2) is 5.02. The number of nitrogens with two attached hydrogens (primary N) is 1. The fourth-order valence-corrected chi connectivity index (χ4v) is 2.87. The highest BCUT2D eigenvalue weighted by Crippen LogP contribution is 2.33. The molecule has 0 radical (unpaired) electrons. The Balaban J connectivity index is 2.04. The maximum Gasteiger partial charge on any atom is 0.140 e. The van der Waals surface area contributed by atoms with Gasteiger partial charge < -0.3 is 10.6 Å². The maximum atomic E-state index is 7.86. The van der Waals surface area contributed by atoms with Gasteiger partial charge in [-0.1, -0.05) is 32.0 Å². The smallest absolute Gasteiger partial charge is 0.140 e. The van der Waals surface area contributed by atoms with E-state index in [9.17, 15) is 0 Å². The lowest BCUT2D eigenvalue weighted by atomic mass is 9.82. The van der Waals surface area contributed by atoms with Gasteiger partial charge in [-0.15, -0.1) is 0 Å². The van der Waals surface area contributed by atoms with Crippen LogP contribution in [0.4, 0.5) is 5.82 Å². The van der Waals surface area contributed by atoms with Gasteiger partial charge >= 0.3 is 0 Å². The molecule has 4 nitrogen and oxygen atoms in total. The zero-order valence-corrected chi connectivity index (χ0v) is 12.7. The fourth-order valence-electron chi connectivity index (χ4n) is 2.87. The number of para-hydroxylation sites is 1. The zero-order chi connectivity index (χ0) is 15.0. The number of benzene rings is 1. The first-order chi connectivity index (χ1) is 9.96. The molecule has 1 aromatic carbocycles. The van der Waals surface area contributed by atoms with Gasteiger partial charge in [-0.3, -0.25) is 5.41 Å². The Morgan fingerprint density at radius 1 is 1.24 bits per heavy atom. The molecule has 1 saturated heterocycles. The van der Waals surface area contributed by atoms with Crippen LogP contribution in [-0.2, 0) is 0 Å². The molecule has 0 saturated carbocycles. The van der Waals surface area contributed by atoms with Crippen molar-refractivity contribution in [1.82, 2.24) is 4.98 Å². The van der Waals surface area contributed by atoms with Crippen molar-refractivity contribution >= 4 is 22.6 Å². The number of rotatable bonds is 2. The van der Waals surface area contributed by atoms with E-state index in [-0.39, 0.29) is 5.84 Å². The van der Waals surface area contributed by atoms with Crippen LogP contribution in [0.3, 0.4) is 0 Å².